The number of para-hydroxylation sites is 1. The number of rotatable bonds is 3. The number of aliphatic hydroxyl groups excluding tert-OH is 1. The van der Waals surface area contributed by atoms with Crippen molar-refractivity contribution in [1.29, 1.82) is 0 Å². The number of nitrogens with zero attached hydrogens (tertiary/aromatic N) is 2. The van der Waals surface area contributed by atoms with E-state index in [1.807, 2.05) is 12.1 Å². The fraction of sp³-hybridized carbons (Fsp3) is 0.0909. The van der Waals surface area contributed by atoms with Gasteiger partial charge in [0.2, 0.25) is 11.2 Å². The number of hydrogen-bond acceptors (Lipinski definition) is 4. The minimum Gasteiger partial charge on any atom is -0.439 e. The molecule has 1 N–H and O–H groups in total. The highest BCUT2D eigenvalue weighted by atomic mass is 35.5. The van der Waals surface area contributed by atoms with Crippen LogP contribution in [-0.4, -0.2) is 15.1 Å². The van der Waals surface area contributed by atoms with Gasteiger partial charge in [-0.25, -0.2) is 4.98 Å². The van der Waals surface area contributed by atoms with E-state index < -0.39 is 0 Å². The first-order valence-corrected chi connectivity index (χ1v) is 5.02. The van der Waals surface area contributed by atoms with E-state index >= 15 is 0 Å². The topological polar surface area (TPSA) is 55.2 Å². The highest BCUT2D eigenvalue weighted by molar-refractivity contribution is 6.28. The third kappa shape index (κ3) is 2.48. The molecule has 0 aliphatic heterocycles. The van der Waals surface area contributed by atoms with Gasteiger partial charge in [-0.2, -0.15) is 4.98 Å². The molecule has 0 saturated heterocycles. The van der Waals surface area contributed by atoms with E-state index in [-0.39, 0.29) is 11.9 Å². The second-order valence-electron chi connectivity index (χ2n) is 3.03. The number of halogens is 1. The fourth-order valence-electron chi connectivity index (χ4n) is 1.22. The molecular weight excluding hydrogens is 228 g/mol. The third-order valence-corrected chi connectivity index (χ3v) is 2.14. The summed E-state index contributed by atoms with van der Waals surface area (Å²) in [6.45, 7) is -0.0883. The van der Waals surface area contributed by atoms with Gasteiger partial charge in [-0.1, -0.05) is 18.2 Å². The van der Waals surface area contributed by atoms with Crippen LogP contribution in [0.4, 0.5) is 0 Å². The molecule has 2 aromatic rings. The molecule has 82 valence electrons. The molecule has 0 aliphatic rings. The molecule has 0 unspecified atom stereocenters. The van der Waals surface area contributed by atoms with E-state index in [9.17, 15) is 0 Å². The number of ether oxygens (including phenoxy) is 1. The molecule has 2 rings (SSSR count). The molecule has 1 heterocycles. The third-order valence-electron chi connectivity index (χ3n) is 1.96. The zero-order valence-electron chi connectivity index (χ0n) is 8.30. The van der Waals surface area contributed by atoms with Gasteiger partial charge in [0.05, 0.1) is 6.61 Å². The number of benzene rings is 1. The minimum atomic E-state index is -0.0883. The van der Waals surface area contributed by atoms with Crippen LogP contribution in [0.15, 0.2) is 36.5 Å². The minimum absolute atomic E-state index is 0.0883. The Morgan fingerprint density at radius 2 is 2.06 bits per heavy atom. The molecule has 16 heavy (non-hydrogen) atoms. The maximum Gasteiger partial charge on any atom is 0.225 e. The van der Waals surface area contributed by atoms with Crippen molar-refractivity contribution in [2.75, 3.05) is 0 Å². The molecule has 4 nitrogen and oxygen atoms in total. The normalized spacial score (nSPS) is 10.1. The fourth-order valence-corrected chi connectivity index (χ4v) is 1.36. The standard InChI is InChI=1S/C11H9ClN2O2/c12-11-13-6-5-10(14-11)16-9-4-2-1-3-8(9)7-15/h1-6,15H,7H2. The molecule has 1 aromatic carbocycles. The van der Waals surface area contributed by atoms with Gasteiger partial charge in [-0.05, 0) is 17.7 Å². The van der Waals surface area contributed by atoms with Gasteiger partial charge in [0, 0.05) is 17.8 Å². The Balaban J connectivity index is 2.26. The second-order valence-corrected chi connectivity index (χ2v) is 3.37. The van der Waals surface area contributed by atoms with Gasteiger partial charge in [-0.15, -0.1) is 0 Å². The van der Waals surface area contributed by atoms with Crippen LogP contribution in [0.5, 0.6) is 11.6 Å². The highest BCUT2D eigenvalue weighted by Gasteiger charge is 2.04. The van der Waals surface area contributed by atoms with Gasteiger partial charge >= 0.3 is 0 Å². The monoisotopic (exact) mass is 236 g/mol. The SMILES string of the molecule is OCc1ccccc1Oc1ccnc(Cl)n1. The maximum atomic E-state index is 9.11. The summed E-state index contributed by atoms with van der Waals surface area (Å²) in [7, 11) is 0. The van der Waals surface area contributed by atoms with Crippen molar-refractivity contribution >= 4 is 11.6 Å². The number of aromatic nitrogens is 2. The van der Waals surface area contributed by atoms with Crippen LogP contribution in [-0.2, 0) is 6.61 Å². The number of aliphatic hydroxyl groups is 1. The predicted octanol–water partition coefficient (Wildman–Crippen LogP) is 2.41. The largest absolute Gasteiger partial charge is 0.439 e. The first kappa shape index (κ1) is 10.9. The van der Waals surface area contributed by atoms with Crippen LogP contribution in [0.3, 0.4) is 0 Å². The van der Waals surface area contributed by atoms with Gasteiger partial charge in [0.1, 0.15) is 5.75 Å². The molecule has 1 aromatic heterocycles. The molecule has 5 heteroatoms. The van der Waals surface area contributed by atoms with Crippen molar-refractivity contribution < 1.29 is 9.84 Å². The van der Waals surface area contributed by atoms with Crippen LogP contribution in [0, 0.1) is 0 Å². The summed E-state index contributed by atoms with van der Waals surface area (Å²) in [4.78, 5) is 7.64. The van der Waals surface area contributed by atoms with Gasteiger partial charge in [-0.3, -0.25) is 0 Å². The average Bonchev–Trinajstić information content (AvgIpc) is 2.30. The summed E-state index contributed by atoms with van der Waals surface area (Å²) >= 11 is 5.63. The lowest BCUT2D eigenvalue weighted by molar-refractivity contribution is 0.276. The van der Waals surface area contributed by atoms with Crippen molar-refractivity contribution in [2.24, 2.45) is 0 Å². The summed E-state index contributed by atoms with van der Waals surface area (Å²) in [6.07, 6.45) is 1.51. The molecule has 0 spiro atoms. The molecule has 0 bridgehead atoms. The van der Waals surface area contributed by atoms with E-state index in [0.717, 1.165) is 0 Å². The lowest BCUT2D eigenvalue weighted by Crippen LogP contribution is -1.93. The molecule has 0 saturated carbocycles. The zero-order chi connectivity index (χ0) is 11.4. The molecule has 0 atom stereocenters. The Morgan fingerprint density at radius 1 is 1.25 bits per heavy atom. The summed E-state index contributed by atoms with van der Waals surface area (Å²) in [5, 5.41) is 9.24. The lowest BCUT2D eigenvalue weighted by Gasteiger charge is -2.07. The molecule has 0 aliphatic carbocycles. The molecule has 0 fully saturated rings. The second kappa shape index (κ2) is 4.92. The van der Waals surface area contributed by atoms with Crippen LogP contribution in [0.25, 0.3) is 0 Å². The molecule has 0 radical (unpaired) electrons. The van der Waals surface area contributed by atoms with Crippen molar-refractivity contribution in [3.63, 3.8) is 0 Å². The first-order chi connectivity index (χ1) is 7.79. The van der Waals surface area contributed by atoms with Crippen molar-refractivity contribution in [3.8, 4) is 11.6 Å². The Morgan fingerprint density at radius 3 is 2.81 bits per heavy atom. The zero-order valence-corrected chi connectivity index (χ0v) is 9.05. The smallest absolute Gasteiger partial charge is 0.225 e. The Bertz CT molecular complexity index is 491. The van der Waals surface area contributed by atoms with Gasteiger partial charge in [0.15, 0.2) is 0 Å². The van der Waals surface area contributed by atoms with Crippen LogP contribution < -0.4 is 4.74 Å². The summed E-state index contributed by atoms with van der Waals surface area (Å²) in [5.41, 5.74) is 0.692. The predicted molar refractivity (Wildman–Crippen MR) is 59.5 cm³/mol. The summed E-state index contributed by atoms with van der Waals surface area (Å²) in [6, 6.07) is 8.77. The molecular formula is C11H9ClN2O2. The van der Waals surface area contributed by atoms with E-state index in [0.29, 0.717) is 17.2 Å². The van der Waals surface area contributed by atoms with E-state index in [2.05, 4.69) is 9.97 Å². The Labute approximate surface area is 97.5 Å². The van der Waals surface area contributed by atoms with Crippen LogP contribution >= 0.6 is 11.6 Å². The Kier molecular flexibility index (Phi) is 3.34. The first-order valence-electron chi connectivity index (χ1n) is 4.65. The van der Waals surface area contributed by atoms with E-state index in [4.69, 9.17) is 21.4 Å². The average molecular weight is 237 g/mol. The number of hydrogen-bond donors (Lipinski definition) is 1. The lowest BCUT2D eigenvalue weighted by atomic mass is 10.2. The summed E-state index contributed by atoms with van der Waals surface area (Å²) in [5.74, 6) is 0.903. The van der Waals surface area contributed by atoms with Crippen molar-refractivity contribution in [1.82, 2.24) is 9.97 Å². The van der Waals surface area contributed by atoms with E-state index in [1.54, 1.807) is 18.2 Å². The van der Waals surface area contributed by atoms with Crippen molar-refractivity contribution in [2.45, 2.75) is 6.61 Å². The molecule has 0 amide bonds. The van der Waals surface area contributed by atoms with E-state index in [1.165, 1.54) is 6.20 Å². The van der Waals surface area contributed by atoms with Gasteiger partial charge in [0.25, 0.3) is 0 Å². The van der Waals surface area contributed by atoms with Gasteiger partial charge < -0.3 is 9.84 Å². The maximum absolute atomic E-state index is 9.11. The summed E-state index contributed by atoms with van der Waals surface area (Å²) < 4.78 is 5.49. The van der Waals surface area contributed by atoms with Crippen molar-refractivity contribution in [3.05, 3.63) is 47.4 Å². The van der Waals surface area contributed by atoms with Crippen LogP contribution in [0.2, 0.25) is 5.28 Å². The Hall–Kier alpha value is -1.65. The van der Waals surface area contributed by atoms with Crippen LogP contribution in [0.1, 0.15) is 5.56 Å². The quantitative estimate of drug-likeness (QED) is 0.832. The highest BCUT2D eigenvalue weighted by Crippen LogP contribution is 2.23.